The van der Waals surface area contributed by atoms with Gasteiger partial charge >= 0.3 is 18.0 Å². The second kappa shape index (κ2) is 13.5. The molecule has 36 heavy (non-hydrogen) atoms. The average molecular weight is 502 g/mol. The van der Waals surface area contributed by atoms with Gasteiger partial charge in [0, 0.05) is 30.8 Å². The number of nitrogens with zero attached hydrogens (tertiary/aromatic N) is 4. The molecule has 0 aliphatic carbocycles. The van der Waals surface area contributed by atoms with Crippen LogP contribution < -0.4 is 10.6 Å². The Morgan fingerprint density at radius 2 is 1.44 bits per heavy atom. The fourth-order valence-electron chi connectivity index (χ4n) is 2.27. The monoisotopic (exact) mass is 502 g/mol. The summed E-state index contributed by atoms with van der Waals surface area (Å²) < 4.78 is 4.60. The van der Waals surface area contributed by atoms with Gasteiger partial charge in [-0.15, -0.1) is 0 Å². The average Bonchev–Trinajstić information content (AvgIpc) is 2.86. The molecule has 188 valence electrons. The highest BCUT2D eigenvalue weighted by Crippen LogP contribution is 2.13. The zero-order valence-electron chi connectivity index (χ0n) is 18.5. The Hall–Kier alpha value is -5.25. The number of guanidine groups is 1. The Kier molecular flexibility index (Phi) is 10.1. The number of alkyl carbamates (subject to hydrolysis) is 1. The molecule has 0 saturated heterocycles. The first-order chi connectivity index (χ1) is 17.2. The minimum Gasteiger partial charge on any atom is -0.372 e. The predicted molar refractivity (Wildman–Crippen MR) is 121 cm³/mol. The molecule has 0 spiro atoms. The highest BCUT2D eigenvalue weighted by molar-refractivity contribution is 6.03. The van der Waals surface area contributed by atoms with E-state index in [1.807, 2.05) is 0 Å². The largest absolute Gasteiger partial charge is 0.422 e. The van der Waals surface area contributed by atoms with Crippen LogP contribution in [0.15, 0.2) is 58.5 Å². The molecule has 0 fully saturated rings. The van der Waals surface area contributed by atoms with Gasteiger partial charge in [0.2, 0.25) is 12.4 Å². The lowest BCUT2D eigenvalue weighted by Crippen LogP contribution is -2.32. The van der Waals surface area contributed by atoms with E-state index in [1.54, 1.807) is 7.05 Å². The van der Waals surface area contributed by atoms with E-state index in [2.05, 4.69) is 35.1 Å². The number of nitro groups is 2. The van der Waals surface area contributed by atoms with Crippen LogP contribution in [0.4, 0.5) is 16.2 Å². The summed E-state index contributed by atoms with van der Waals surface area (Å²) in [5.74, 6) is -2.43. The summed E-state index contributed by atoms with van der Waals surface area (Å²) in [6.07, 6.45) is -0.637. The lowest BCUT2D eigenvalue weighted by atomic mass is 10.2. The van der Waals surface area contributed by atoms with Crippen molar-refractivity contribution in [1.82, 2.24) is 10.6 Å². The second-order valence-electron chi connectivity index (χ2n) is 6.42. The number of aliphatic imine (C=N–C) groups is 2. The van der Waals surface area contributed by atoms with Gasteiger partial charge in [-0.2, -0.15) is 4.99 Å². The summed E-state index contributed by atoms with van der Waals surface area (Å²) >= 11 is 0. The number of hydrogen-bond donors (Lipinski definition) is 2. The van der Waals surface area contributed by atoms with Crippen LogP contribution in [0.5, 0.6) is 0 Å². The molecule has 0 aliphatic heterocycles. The van der Waals surface area contributed by atoms with Gasteiger partial charge in [0.05, 0.1) is 27.5 Å². The molecule has 0 aliphatic rings. The predicted octanol–water partition coefficient (Wildman–Crippen LogP) is 1.76. The van der Waals surface area contributed by atoms with Crippen LogP contribution in [0.1, 0.15) is 20.7 Å². The molecule has 2 rings (SSSR count). The van der Waals surface area contributed by atoms with Gasteiger partial charge in [0.1, 0.15) is 0 Å². The fourth-order valence-corrected chi connectivity index (χ4v) is 2.27. The van der Waals surface area contributed by atoms with Crippen molar-refractivity contribution in [3.8, 4) is 0 Å². The van der Waals surface area contributed by atoms with Crippen molar-refractivity contribution in [2.24, 2.45) is 9.98 Å². The van der Waals surface area contributed by atoms with Crippen molar-refractivity contribution >= 4 is 41.8 Å². The fraction of sp³-hybridized carbons (Fsp3) is 0.150. The van der Waals surface area contributed by atoms with E-state index < -0.39 is 27.9 Å². The highest BCUT2D eigenvalue weighted by Gasteiger charge is 2.16. The Balaban J connectivity index is 1.94. The third-order valence-corrected chi connectivity index (χ3v) is 3.99. The molecule has 0 bridgehead atoms. The van der Waals surface area contributed by atoms with Crippen LogP contribution >= 0.6 is 0 Å². The number of nitro benzene ring substituents is 2. The number of benzene rings is 2. The van der Waals surface area contributed by atoms with Crippen LogP contribution in [0.25, 0.3) is 0 Å². The van der Waals surface area contributed by atoms with E-state index in [1.165, 1.54) is 0 Å². The third kappa shape index (κ3) is 8.60. The summed E-state index contributed by atoms with van der Waals surface area (Å²) in [5, 5.41) is 26.2. The summed E-state index contributed by atoms with van der Waals surface area (Å²) in [6.45, 7) is 0.537. The van der Waals surface area contributed by atoms with Crippen LogP contribution in [-0.4, -0.2) is 60.4 Å². The number of carbonyl (C=O) groups excluding carboxylic acids is 3. The Labute approximate surface area is 201 Å². The molecule has 0 heterocycles. The molecule has 2 aromatic rings. The normalized spacial score (nSPS) is 11.0. The number of non-ortho nitro benzene ring substituents is 2. The van der Waals surface area contributed by atoms with E-state index in [9.17, 15) is 34.6 Å². The molecule has 0 unspecified atom stereocenters. The first-order valence-corrected chi connectivity index (χ1v) is 9.82. The highest BCUT2D eigenvalue weighted by atomic mass is 17.2. The van der Waals surface area contributed by atoms with Crippen LogP contribution in [0, 0.1) is 20.2 Å². The van der Waals surface area contributed by atoms with Crippen molar-refractivity contribution in [2.45, 2.75) is 0 Å². The second-order valence-corrected chi connectivity index (χ2v) is 6.42. The number of amides is 1. The first kappa shape index (κ1) is 27.0. The minimum absolute atomic E-state index is 0.0385. The Morgan fingerprint density at radius 3 is 1.94 bits per heavy atom. The van der Waals surface area contributed by atoms with E-state index in [-0.39, 0.29) is 35.0 Å². The van der Waals surface area contributed by atoms with Gasteiger partial charge in [-0.1, -0.05) is 0 Å². The van der Waals surface area contributed by atoms with Crippen molar-refractivity contribution in [2.75, 3.05) is 20.1 Å². The van der Waals surface area contributed by atoms with Gasteiger partial charge < -0.3 is 10.1 Å². The van der Waals surface area contributed by atoms with Crippen LogP contribution in [0.2, 0.25) is 0 Å². The molecule has 0 radical (unpaired) electrons. The summed E-state index contributed by atoms with van der Waals surface area (Å²) in [6, 6.07) is 8.88. The first-order valence-electron chi connectivity index (χ1n) is 9.82. The molecule has 0 atom stereocenters. The van der Waals surface area contributed by atoms with E-state index in [0.717, 1.165) is 48.5 Å². The van der Waals surface area contributed by atoms with Gasteiger partial charge in [-0.05, 0) is 31.3 Å². The van der Waals surface area contributed by atoms with Gasteiger partial charge in [0.15, 0.2) is 0 Å². The maximum absolute atomic E-state index is 12.0. The van der Waals surface area contributed by atoms with Crippen LogP contribution in [0.3, 0.4) is 0 Å². The maximum Gasteiger partial charge on any atom is 0.422 e. The summed E-state index contributed by atoms with van der Waals surface area (Å²) in [4.78, 5) is 72.6. The Morgan fingerprint density at radius 1 is 0.917 bits per heavy atom. The molecule has 0 saturated carbocycles. The SMILES string of the molecule is CNCCN=C(/N=C/OOC(=O)c1ccc([N+](=O)[O-])cc1)NC(=O)OC(=O)c1ccc([N+](=O)[O-])cc1. The summed E-state index contributed by atoms with van der Waals surface area (Å²) in [7, 11) is 1.66. The minimum atomic E-state index is -1.26. The topological polar surface area (TPSA) is 214 Å². The number of esters is 1. The lowest BCUT2D eigenvalue weighted by Gasteiger charge is -2.06. The number of nitrogens with one attached hydrogen (secondary N) is 2. The molecule has 2 N–H and O–H groups in total. The standard InChI is InChI=1S/C20H18N6O10/c1-21-10-11-22-19(23-12-34-36-18(28)14-4-8-16(9-5-14)26(32)33)24-20(29)35-17(27)13-2-6-15(7-3-13)25(30)31/h2-9,12,21H,10-11H2,1H3,(H,22,24,29)/b23-12+. The van der Waals surface area contributed by atoms with Crippen molar-refractivity contribution < 1.29 is 38.7 Å². The maximum atomic E-state index is 12.0. The molecule has 16 heteroatoms. The van der Waals surface area contributed by atoms with Gasteiger partial charge in [0.25, 0.3) is 11.4 Å². The zero-order valence-corrected chi connectivity index (χ0v) is 18.5. The lowest BCUT2D eigenvalue weighted by molar-refractivity contribution is -0.385. The number of likely N-dealkylation sites (N-methyl/N-ethyl adjacent to an activating group) is 1. The quantitative estimate of drug-likeness (QED) is 0.0736. The van der Waals surface area contributed by atoms with E-state index in [4.69, 9.17) is 0 Å². The van der Waals surface area contributed by atoms with Crippen molar-refractivity contribution in [3.63, 3.8) is 0 Å². The molecule has 1 amide bonds. The number of rotatable bonds is 9. The third-order valence-electron chi connectivity index (χ3n) is 3.99. The Bertz CT molecular complexity index is 1180. The number of hydrogen-bond acceptors (Lipinski definition) is 12. The smallest absolute Gasteiger partial charge is 0.372 e. The van der Waals surface area contributed by atoms with E-state index >= 15 is 0 Å². The zero-order chi connectivity index (χ0) is 26.5. The van der Waals surface area contributed by atoms with Crippen LogP contribution in [-0.2, 0) is 14.5 Å². The number of ether oxygens (including phenoxy) is 1. The van der Waals surface area contributed by atoms with Gasteiger partial charge in [-0.25, -0.2) is 24.3 Å². The van der Waals surface area contributed by atoms with Gasteiger partial charge in [-0.3, -0.25) is 30.4 Å². The van der Waals surface area contributed by atoms with Crippen molar-refractivity contribution in [3.05, 3.63) is 79.9 Å². The molecule has 0 aromatic heterocycles. The molecule has 2 aromatic carbocycles. The summed E-state index contributed by atoms with van der Waals surface area (Å²) in [5.41, 5.74) is -0.627. The van der Waals surface area contributed by atoms with Crippen molar-refractivity contribution in [1.29, 1.82) is 0 Å². The molecular formula is C20H18N6O10. The molecule has 16 nitrogen and oxygen atoms in total. The van der Waals surface area contributed by atoms with E-state index in [0.29, 0.717) is 12.9 Å². The molecular weight excluding hydrogens is 484 g/mol. The number of carbonyl (C=O) groups is 3.